The van der Waals surface area contributed by atoms with Crippen molar-refractivity contribution in [3.05, 3.63) is 53.6 Å². The van der Waals surface area contributed by atoms with Gasteiger partial charge < -0.3 is 9.84 Å². The molecule has 0 aliphatic rings. The van der Waals surface area contributed by atoms with Gasteiger partial charge in [-0.3, -0.25) is 4.79 Å². The molecule has 0 radical (unpaired) electrons. The third-order valence-corrected chi connectivity index (χ3v) is 5.12. The number of hydrogen-bond acceptors (Lipinski definition) is 5. The summed E-state index contributed by atoms with van der Waals surface area (Å²) in [6.07, 6.45) is 0. The van der Waals surface area contributed by atoms with E-state index in [0.29, 0.717) is 16.7 Å². The van der Waals surface area contributed by atoms with Crippen LogP contribution in [-0.2, 0) is 14.8 Å². The largest absolute Gasteiger partial charge is 0.478 e. The Bertz CT molecular complexity index is 936. The number of methoxy groups -OCH3 is 1. The summed E-state index contributed by atoms with van der Waals surface area (Å²) in [4.78, 5) is 23.1. The van der Waals surface area contributed by atoms with E-state index in [1.807, 2.05) is 0 Å². The molecule has 2 aromatic carbocycles. The van der Waals surface area contributed by atoms with Crippen LogP contribution >= 0.6 is 0 Å². The summed E-state index contributed by atoms with van der Waals surface area (Å²) in [5.41, 5.74) is 0.998. The molecule has 0 fully saturated rings. The van der Waals surface area contributed by atoms with Gasteiger partial charge in [0.25, 0.3) is 0 Å². The standard InChI is InChI=1S/C18H19NO6S/c1-12(20)16-5-3-4-6-17(16)13-9-14(18(21)22)11-15(10-13)26(23,24)19-7-8-25-2/h3-6,9-11,19H,7-8H2,1-2H3,(H,21,22). The first-order valence-electron chi connectivity index (χ1n) is 7.73. The zero-order valence-electron chi connectivity index (χ0n) is 14.4. The number of carboxylic acid groups (broad SMARTS) is 1. The second-order valence-electron chi connectivity index (χ2n) is 5.54. The fourth-order valence-electron chi connectivity index (χ4n) is 2.44. The molecule has 0 saturated carbocycles. The lowest BCUT2D eigenvalue weighted by molar-refractivity contribution is 0.0696. The van der Waals surface area contributed by atoms with Crippen molar-refractivity contribution in [3.63, 3.8) is 0 Å². The maximum atomic E-state index is 12.5. The molecule has 26 heavy (non-hydrogen) atoms. The number of nitrogens with one attached hydrogen (secondary N) is 1. The van der Waals surface area contributed by atoms with Gasteiger partial charge >= 0.3 is 5.97 Å². The highest BCUT2D eigenvalue weighted by Gasteiger charge is 2.19. The number of sulfonamides is 1. The van der Waals surface area contributed by atoms with E-state index < -0.39 is 16.0 Å². The number of hydrogen-bond donors (Lipinski definition) is 2. The average molecular weight is 377 g/mol. The van der Waals surface area contributed by atoms with Crippen molar-refractivity contribution >= 4 is 21.8 Å². The minimum absolute atomic E-state index is 0.0511. The van der Waals surface area contributed by atoms with Gasteiger partial charge in [-0.25, -0.2) is 17.9 Å². The van der Waals surface area contributed by atoms with E-state index in [0.717, 1.165) is 6.07 Å². The molecule has 2 aromatic rings. The molecule has 138 valence electrons. The van der Waals surface area contributed by atoms with Crippen LogP contribution in [0.5, 0.6) is 0 Å². The van der Waals surface area contributed by atoms with Crippen molar-refractivity contribution in [2.24, 2.45) is 0 Å². The number of carbonyl (C=O) groups excluding carboxylic acids is 1. The van der Waals surface area contributed by atoms with Crippen LogP contribution in [0.25, 0.3) is 11.1 Å². The van der Waals surface area contributed by atoms with E-state index >= 15 is 0 Å². The van der Waals surface area contributed by atoms with Crippen molar-refractivity contribution in [2.75, 3.05) is 20.3 Å². The lowest BCUT2D eigenvalue weighted by Crippen LogP contribution is -2.27. The number of Topliss-reactive ketones (excluding diaryl/α,β-unsaturated/α-hetero) is 1. The molecule has 0 aliphatic heterocycles. The van der Waals surface area contributed by atoms with Gasteiger partial charge in [-0.05, 0) is 36.2 Å². The van der Waals surface area contributed by atoms with Crippen LogP contribution in [0.2, 0.25) is 0 Å². The van der Waals surface area contributed by atoms with E-state index in [1.165, 1.54) is 26.2 Å². The molecule has 0 unspecified atom stereocenters. The third kappa shape index (κ3) is 4.54. The Balaban J connectivity index is 2.61. The number of carbonyl (C=O) groups is 2. The molecule has 0 spiro atoms. The highest BCUT2D eigenvalue weighted by Crippen LogP contribution is 2.28. The van der Waals surface area contributed by atoms with Crippen LogP contribution in [0.15, 0.2) is 47.4 Å². The molecule has 0 atom stereocenters. The molecule has 2 N–H and O–H groups in total. The number of carboxylic acids is 1. The van der Waals surface area contributed by atoms with Gasteiger partial charge in [0, 0.05) is 19.2 Å². The average Bonchev–Trinajstić information content (AvgIpc) is 2.61. The predicted molar refractivity (Wildman–Crippen MR) is 95.9 cm³/mol. The molecule has 0 saturated heterocycles. The Morgan fingerprint density at radius 2 is 1.85 bits per heavy atom. The number of rotatable bonds is 8. The topological polar surface area (TPSA) is 110 Å². The van der Waals surface area contributed by atoms with E-state index in [1.54, 1.807) is 24.3 Å². The van der Waals surface area contributed by atoms with Crippen LogP contribution < -0.4 is 4.72 Å². The molecule has 0 amide bonds. The van der Waals surface area contributed by atoms with Gasteiger partial charge in [0.1, 0.15) is 0 Å². The molecular weight excluding hydrogens is 358 g/mol. The smallest absolute Gasteiger partial charge is 0.335 e. The SMILES string of the molecule is COCCNS(=O)(=O)c1cc(C(=O)O)cc(-c2ccccc2C(C)=O)c1. The number of ether oxygens (including phenoxy) is 1. The maximum absolute atomic E-state index is 12.5. The summed E-state index contributed by atoms with van der Waals surface area (Å²) in [5.74, 6) is -1.47. The third-order valence-electron chi connectivity index (χ3n) is 3.68. The zero-order valence-corrected chi connectivity index (χ0v) is 15.2. The quantitative estimate of drug-likeness (QED) is 0.539. The second kappa shape index (κ2) is 8.22. The molecule has 8 heteroatoms. The van der Waals surface area contributed by atoms with Crippen LogP contribution in [0.1, 0.15) is 27.6 Å². The monoisotopic (exact) mass is 377 g/mol. The lowest BCUT2D eigenvalue weighted by Gasteiger charge is -2.12. The molecule has 0 bridgehead atoms. The predicted octanol–water partition coefficient (Wildman–Crippen LogP) is 2.18. The van der Waals surface area contributed by atoms with Gasteiger partial charge in [0.15, 0.2) is 5.78 Å². The highest BCUT2D eigenvalue weighted by atomic mass is 32.2. The summed E-state index contributed by atoms with van der Waals surface area (Å²) in [6.45, 7) is 1.62. The normalized spacial score (nSPS) is 11.3. The van der Waals surface area contributed by atoms with Crippen LogP contribution in [-0.4, -0.2) is 45.5 Å². The lowest BCUT2D eigenvalue weighted by atomic mass is 9.96. The van der Waals surface area contributed by atoms with Gasteiger partial charge in [0.05, 0.1) is 17.1 Å². The van der Waals surface area contributed by atoms with Crippen molar-refractivity contribution in [3.8, 4) is 11.1 Å². The first kappa shape index (κ1) is 19.8. The van der Waals surface area contributed by atoms with Gasteiger partial charge in [0.2, 0.25) is 10.0 Å². The summed E-state index contributed by atoms with van der Waals surface area (Å²) in [5, 5.41) is 9.34. The van der Waals surface area contributed by atoms with Crippen molar-refractivity contribution in [2.45, 2.75) is 11.8 Å². The van der Waals surface area contributed by atoms with E-state index in [-0.39, 0.29) is 29.4 Å². The minimum Gasteiger partial charge on any atom is -0.478 e. The number of ketones is 1. The van der Waals surface area contributed by atoms with Crippen LogP contribution in [0.3, 0.4) is 0 Å². The van der Waals surface area contributed by atoms with E-state index in [9.17, 15) is 23.1 Å². The van der Waals surface area contributed by atoms with Gasteiger partial charge in [-0.1, -0.05) is 24.3 Å². The Hall–Kier alpha value is -2.55. The van der Waals surface area contributed by atoms with Crippen molar-refractivity contribution < 1.29 is 27.9 Å². The Morgan fingerprint density at radius 3 is 2.46 bits per heavy atom. The molecule has 2 rings (SSSR count). The van der Waals surface area contributed by atoms with Crippen molar-refractivity contribution in [1.29, 1.82) is 0 Å². The van der Waals surface area contributed by atoms with Gasteiger partial charge in [-0.15, -0.1) is 0 Å². The molecule has 7 nitrogen and oxygen atoms in total. The first-order valence-corrected chi connectivity index (χ1v) is 9.22. The Labute approximate surface area is 151 Å². The van der Waals surface area contributed by atoms with E-state index in [4.69, 9.17) is 4.74 Å². The van der Waals surface area contributed by atoms with Crippen LogP contribution in [0.4, 0.5) is 0 Å². The molecule has 0 aliphatic carbocycles. The second-order valence-corrected chi connectivity index (χ2v) is 7.31. The Morgan fingerprint density at radius 1 is 1.15 bits per heavy atom. The Kier molecular flexibility index (Phi) is 6.25. The first-order chi connectivity index (χ1) is 12.3. The maximum Gasteiger partial charge on any atom is 0.335 e. The fraction of sp³-hybridized carbons (Fsp3) is 0.222. The summed E-state index contributed by atoms with van der Waals surface area (Å²) < 4.78 is 32.1. The van der Waals surface area contributed by atoms with Crippen molar-refractivity contribution in [1.82, 2.24) is 4.72 Å². The minimum atomic E-state index is -3.93. The highest BCUT2D eigenvalue weighted by molar-refractivity contribution is 7.89. The fourth-order valence-corrected chi connectivity index (χ4v) is 3.52. The summed E-state index contributed by atoms with van der Waals surface area (Å²) in [6, 6.07) is 10.4. The summed E-state index contributed by atoms with van der Waals surface area (Å²) >= 11 is 0. The molecule has 0 heterocycles. The number of benzene rings is 2. The summed E-state index contributed by atoms with van der Waals surface area (Å²) in [7, 11) is -2.49. The molecule has 0 aromatic heterocycles. The van der Waals surface area contributed by atoms with Gasteiger partial charge in [-0.2, -0.15) is 0 Å². The number of aromatic carboxylic acids is 1. The molecular formula is C18H19NO6S. The van der Waals surface area contributed by atoms with E-state index in [2.05, 4.69) is 4.72 Å². The zero-order chi connectivity index (χ0) is 19.3. The van der Waals surface area contributed by atoms with Crippen LogP contribution in [0, 0.1) is 0 Å².